The van der Waals surface area contributed by atoms with Gasteiger partial charge in [0.25, 0.3) is 0 Å². The average Bonchev–Trinajstić information content (AvgIpc) is 3.10. The van der Waals surface area contributed by atoms with E-state index in [2.05, 4.69) is 29.2 Å². The molecule has 1 aromatic rings. The van der Waals surface area contributed by atoms with Crippen molar-refractivity contribution in [2.45, 2.75) is 83.2 Å². The molecular weight excluding hydrogens is 258 g/mol. The van der Waals surface area contributed by atoms with Crippen molar-refractivity contribution in [1.82, 2.24) is 15.1 Å². The molecule has 118 valence electrons. The van der Waals surface area contributed by atoms with Gasteiger partial charge in [0, 0.05) is 18.7 Å². The number of nitrogens with zero attached hydrogens (tertiary/aromatic N) is 2. The Bertz CT molecular complexity index is 416. The second-order valence-corrected chi connectivity index (χ2v) is 7.11. The molecule has 3 rings (SSSR count). The standard InChI is InChI=1S/C18H31N3/c1-2-11-19-17(13-15-6-5-7-15)14-16-10-12-21(20-16)18-8-3-4-9-18/h10,12,15,17-19H,2-9,11,13-14H2,1H3. The van der Waals surface area contributed by atoms with E-state index in [0.29, 0.717) is 12.1 Å². The van der Waals surface area contributed by atoms with Gasteiger partial charge in [-0.2, -0.15) is 5.10 Å². The molecule has 0 bridgehead atoms. The minimum absolute atomic E-state index is 0.627. The highest BCUT2D eigenvalue weighted by Crippen LogP contribution is 2.31. The molecule has 2 aliphatic carbocycles. The van der Waals surface area contributed by atoms with Crippen LogP contribution in [0.3, 0.4) is 0 Å². The van der Waals surface area contributed by atoms with Crippen molar-refractivity contribution in [3.63, 3.8) is 0 Å². The minimum atomic E-state index is 0.627. The number of aromatic nitrogens is 2. The Morgan fingerprint density at radius 3 is 2.71 bits per heavy atom. The fraction of sp³-hybridized carbons (Fsp3) is 0.833. The molecule has 21 heavy (non-hydrogen) atoms. The molecule has 0 saturated heterocycles. The quantitative estimate of drug-likeness (QED) is 0.781. The molecule has 0 spiro atoms. The summed E-state index contributed by atoms with van der Waals surface area (Å²) >= 11 is 0. The van der Waals surface area contributed by atoms with E-state index in [-0.39, 0.29) is 0 Å². The Morgan fingerprint density at radius 2 is 2.05 bits per heavy atom. The number of hydrogen-bond donors (Lipinski definition) is 1. The molecule has 3 heteroatoms. The summed E-state index contributed by atoms with van der Waals surface area (Å²) in [7, 11) is 0. The minimum Gasteiger partial charge on any atom is -0.314 e. The van der Waals surface area contributed by atoms with Gasteiger partial charge in [-0.25, -0.2) is 0 Å². The van der Waals surface area contributed by atoms with Gasteiger partial charge >= 0.3 is 0 Å². The summed E-state index contributed by atoms with van der Waals surface area (Å²) in [6, 6.07) is 3.55. The first kappa shape index (κ1) is 15.1. The fourth-order valence-corrected chi connectivity index (χ4v) is 3.83. The van der Waals surface area contributed by atoms with Gasteiger partial charge in [0.15, 0.2) is 0 Å². The normalized spacial score (nSPS) is 21.6. The highest BCUT2D eigenvalue weighted by Gasteiger charge is 2.23. The summed E-state index contributed by atoms with van der Waals surface area (Å²) in [6.07, 6.45) is 15.6. The molecule has 1 unspecified atom stereocenters. The lowest BCUT2D eigenvalue weighted by Crippen LogP contribution is -2.35. The second-order valence-electron chi connectivity index (χ2n) is 7.11. The van der Waals surface area contributed by atoms with Crippen LogP contribution in [0.2, 0.25) is 0 Å². The predicted octanol–water partition coefficient (Wildman–Crippen LogP) is 4.10. The first-order valence-corrected chi connectivity index (χ1v) is 9.12. The van der Waals surface area contributed by atoms with Crippen LogP contribution in [0.5, 0.6) is 0 Å². The molecule has 2 fully saturated rings. The van der Waals surface area contributed by atoms with Crippen molar-refractivity contribution < 1.29 is 0 Å². The largest absolute Gasteiger partial charge is 0.314 e. The average molecular weight is 289 g/mol. The van der Waals surface area contributed by atoms with Crippen LogP contribution in [0.4, 0.5) is 0 Å². The monoisotopic (exact) mass is 289 g/mol. The summed E-state index contributed by atoms with van der Waals surface area (Å²) in [4.78, 5) is 0. The van der Waals surface area contributed by atoms with Gasteiger partial charge in [-0.15, -0.1) is 0 Å². The molecule has 1 atom stereocenters. The maximum Gasteiger partial charge on any atom is 0.0640 e. The van der Waals surface area contributed by atoms with Crippen LogP contribution in [0.15, 0.2) is 12.3 Å². The molecule has 3 nitrogen and oxygen atoms in total. The van der Waals surface area contributed by atoms with Crippen LogP contribution in [0.25, 0.3) is 0 Å². The molecule has 0 aliphatic heterocycles. The van der Waals surface area contributed by atoms with Crippen molar-refractivity contribution in [2.75, 3.05) is 6.54 Å². The maximum absolute atomic E-state index is 4.87. The zero-order valence-electron chi connectivity index (χ0n) is 13.6. The van der Waals surface area contributed by atoms with E-state index in [1.807, 2.05) is 0 Å². The van der Waals surface area contributed by atoms with Gasteiger partial charge in [-0.1, -0.05) is 39.0 Å². The van der Waals surface area contributed by atoms with Crippen molar-refractivity contribution in [3.05, 3.63) is 18.0 Å². The van der Waals surface area contributed by atoms with E-state index in [1.54, 1.807) is 0 Å². The third-order valence-electron chi connectivity index (χ3n) is 5.34. The zero-order valence-corrected chi connectivity index (χ0v) is 13.6. The lowest BCUT2D eigenvalue weighted by atomic mass is 9.80. The molecule has 1 N–H and O–H groups in total. The molecule has 1 heterocycles. The van der Waals surface area contributed by atoms with Crippen LogP contribution >= 0.6 is 0 Å². The molecule has 0 aromatic carbocycles. The van der Waals surface area contributed by atoms with Crippen molar-refractivity contribution >= 4 is 0 Å². The Labute approximate surface area is 129 Å². The third kappa shape index (κ3) is 4.09. The second kappa shape index (κ2) is 7.44. The van der Waals surface area contributed by atoms with Gasteiger partial charge in [0.1, 0.15) is 0 Å². The van der Waals surface area contributed by atoms with E-state index < -0.39 is 0 Å². The topological polar surface area (TPSA) is 29.9 Å². The fourth-order valence-electron chi connectivity index (χ4n) is 3.83. The Hall–Kier alpha value is -0.830. The molecule has 0 radical (unpaired) electrons. The van der Waals surface area contributed by atoms with Gasteiger partial charge in [-0.05, 0) is 44.2 Å². The van der Waals surface area contributed by atoms with Crippen molar-refractivity contribution in [1.29, 1.82) is 0 Å². The summed E-state index contributed by atoms with van der Waals surface area (Å²) in [6.45, 7) is 3.39. The lowest BCUT2D eigenvalue weighted by molar-refractivity contribution is 0.258. The van der Waals surface area contributed by atoms with E-state index in [1.165, 1.54) is 63.5 Å². The van der Waals surface area contributed by atoms with Crippen LogP contribution < -0.4 is 5.32 Å². The predicted molar refractivity (Wildman–Crippen MR) is 87.5 cm³/mol. The van der Waals surface area contributed by atoms with Crippen LogP contribution in [-0.2, 0) is 6.42 Å². The van der Waals surface area contributed by atoms with Crippen LogP contribution in [-0.4, -0.2) is 22.4 Å². The third-order valence-corrected chi connectivity index (χ3v) is 5.34. The smallest absolute Gasteiger partial charge is 0.0640 e. The molecule has 2 saturated carbocycles. The SMILES string of the molecule is CCCNC(Cc1ccn(C2CCCC2)n1)CC1CCC1. The molecule has 2 aliphatic rings. The van der Waals surface area contributed by atoms with E-state index in [9.17, 15) is 0 Å². The Kier molecular flexibility index (Phi) is 5.34. The Balaban J connectivity index is 1.55. The molecule has 0 amide bonds. The number of hydrogen-bond acceptors (Lipinski definition) is 2. The summed E-state index contributed by atoms with van der Waals surface area (Å²) < 4.78 is 2.24. The Morgan fingerprint density at radius 1 is 1.24 bits per heavy atom. The van der Waals surface area contributed by atoms with Crippen LogP contribution in [0, 0.1) is 5.92 Å². The zero-order chi connectivity index (χ0) is 14.5. The van der Waals surface area contributed by atoms with E-state index in [4.69, 9.17) is 5.10 Å². The summed E-state index contributed by atoms with van der Waals surface area (Å²) in [5.74, 6) is 0.969. The van der Waals surface area contributed by atoms with Gasteiger partial charge < -0.3 is 5.32 Å². The van der Waals surface area contributed by atoms with E-state index in [0.717, 1.165) is 18.9 Å². The molecule has 1 aromatic heterocycles. The highest BCUT2D eigenvalue weighted by molar-refractivity contribution is 5.03. The van der Waals surface area contributed by atoms with Gasteiger partial charge in [0.2, 0.25) is 0 Å². The van der Waals surface area contributed by atoms with Gasteiger partial charge in [0.05, 0.1) is 11.7 Å². The first-order valence-electron chi connectivity index (χ1n) is 9.12. The van der Waals surface area contributed by atoms with E-state index >= 15 is 0 Å². The first-order chi connectivity index (χ1) is 10.3. The molecular formula is C18H31N3. The summed E-state index contributed by atoms with van der Waals surface area (Å²) in [5.41, 5.74) is 1.29. The number of rotatable bonds is 8. The summed E-state index contributed by atoms with van der Waals surface area (Å²) in [5, 5.41) is 8.61. The highest BCUT2D eigenvalue weighted by atomic mass is 15.3. The maximum atomic E-state index is 4.87. The van der Waals surface area contributed by atoms with Gasteiger partial charge in [-0.3, -0.25) is 4.68 Å². The van der Waals surface area contributed by atoms with Crippen LogP contribution in [0.1, 0.15) is 76.4 Å². The number of nitrogens with one attached hydrogen (secondary N) is 1. The van der Waals surface area contributed by atoms with Crippen molar-refractivity contribution in [3.8, 4) is 0 Å². The van der Waals surface area contributed by atoms with Crippen molar-refractivity contribution in [2.24, 2.45) is 5.92 Å². The lowest BCUT2D eigenvalue weighted by Gasteiger charge is -2.30.